The predicted octanol–water partition coefficient (Wildman–Crippen LogP) is 1.37. The van der Waals surface area contributed by atoms with Gasteiger partial charge in [0, 0.05) is 6.04 Å². The Bertz CT molecular complexity index is 863. The second-order valence-electron chi connectivity index (χ2n) is 4.77. The van der Waals surface area contributed by atoms with Gasteiger partial charge in [0.1, 0.15) is 0 Å². The summed E-state index contributed by atoms with van der Waals surface area (Å²) in [5.41, 5.74) is 0.800. The van der Waals surface area contributed by atoms with Gasteiger partial charge < -0.3 is 0 Å². The fourth-order valence-corrected chi connectivity index (χ4v) is 3.84. The fourth-order valence-electron chi connectivity index (χ4n) is 1.93. The number of primary sulfonamides is 1. The number of nitrogens with one attached hydrogen (secondary N) is 1. The van der Waals surface area contributed by atoms with Crippen LogP contribution in [0, 0.1) is 0 Å². The van der Waals surface area contributed by atoms with Crippen molar-refractivity contribution < 1.29 is 16.8 Å². The second kappa shape index (κ2) is 6.17. The average molecular weight is 340 g/mol. The summed E-state index contributed by atoms with van der Waals surface area (Å²) in [5, 5.41) is 5.02. The molecule has 0 amide bonds. The molecule has 3 N–H and O–H groups in total. The SMILES string of the molecule is C[C@H](NS(=O)(=O)c1cccc(S(N)(=O)=O)c1)c1ccccc1. The highest BCUT2D eigenvalue weighted by molar-refractivity contribution is 7.90. The van der Waals surface area contributed by atoms with E-state index in [2.05, 4.69) is 4.72 Å². The molecule has 0 radical (unpaired) electrons. The van der Waals surface area contributed by atoms with E-state index in [9.17, 15) is 16.8 Å². The number of sulfonamides is 2. The monoisotopic (exact) mass is 340 g/mol. The summed E-state index contributed by atoms with van der Waals surface area (Å²) in [7, 11) is -7.82. The van der Waals surface area contributed by atoms with Gasteiger partial charge in [-0.25, -0.2) is 26.7 Å². The van der Waals surface area contributed by atoms with Crippen molar-refractivity contribution >= 4 is 20.0 Å². The van der Waals surface area contributed by atoms with Gasteiger partial charge in [0.2, 0.25) is 20.0 Å². The van der Waals surface area contributed by atoms with Crippen molar-refractivity contribution in [2.75, 3.05) is 0 Å². The summed E-state index contributed by atoms with van der Waals surface area (Å²) in [5.74, 6) is 0. The summed E-state index contributed by atoms with van der Waals surface area (Å²) in [4.78, 5) is -0.399. The van der Waals surface area contributed by atoms with E-state index < -0.39 is 26.1 Å². The molecule has 0 aliphatic carbocycles. The maximum absolute atomic E-state index is 12.3. The molecule has 0 heterocycles. The van der Waals surface area contributed by atoms with Crippen LogP contribution < -0.4 is 9.86 Å². The van der Waals surface area contributed by atoms with Gasteiger partial charge in [0.15, 0.2) is 0 Å². The maximum Gasteiger partial charge on any atom is 0.241 e. The Morgan fingerprint density at radius 1 is 0.909 bits per heavy atom. The zero-order valence-corrected chi connectivity index (χ0v) is 13.4. The minimum atomic E-state index is -3.96. The zero-order chi connectivity index (χ0) is 16.4. The predicted molar refractivity (Wildman–Crippen MR) is 83.0 cm³/mol. The van der Waals surface area contributed by atoms with E-state index in [0.29, 0.717) is 0 Å². The molecule has 8 heteroatoms. The van der Waals surface area contributed by atoms with E-state index in [1.807, 2.05) is 18.2 Å². The van der Waals surface area contributed by atoms with Crippen LogP contribution in [0.5, 0.6) is 0 Å². The van der Waals surface area contributed by atoms with Crippen molar-refractivity contribution in [2.45, 2.75) is 22.8 Å². The van der Waals surface area contributed by atoms with Gasteiger partial charge in [-0.2, -0.15) is 0 Å². The normalized spacial score (nSPS) is 13.7. The maximum atomic E-state index is 12.3. The van der Waals surface area contributed by atoms with Gasteiger partial charge in [-0.1, -0.05) is 36.4 Å². The molecule has 22 heavy (non-hydrogen) atoms. The molecular formula is C14H16N2O4S2. The Balaban J connectivity index is 2.32. The molecule has 0 aliphatic heterocycles. The lowest BCUT2D eigenvalue weighted by Gasteiger charge is -2.15. The number of benzene rings is 2. The lowest BCUT2D eigenvalue weighted by molar-refractivity contribution is 0.566. The van der Waals surface area contributed by atoms with E-state index in [0.717, 1.165) is 11.6 Å². The lowest BCUT2D eigenvalue weighted by atomic mass is 10.1. The van der Waals surface area contributed by atoms with Crippen LogP contribution in [-0.4, -0.2) is 16.8 Å². The molecule has 6 nitrogen and oxygen atoms in total. The quantitative estimate of drug-likeness (QED) is 0.857. The largest absolute Gasteiger partial charge is 0.241 e. The minimum Gasteiger partial charge on any atom is -0.225 e. The highest BCUT2D eigenvalue weighted by Crippen LogP contribution is 2.18. The third-order valence-corrected chi connectivity index (χ3v) is 5.53. The van der Waals surface area contributed by atoms with Crippen molar-refractivity contribution in [3.63, 3.8) is 0 Å². The summed E-state index contributed by atoms with van der Waals surface area (Å²) in [6, 6.07) is 13.5. The van der Waals surface area contributed by atoms with Crippen LogP contribution in [0.3, 0.4) is 0 Å². The van der Waals surface area contributed by atoms with Crippen molar-refractivity contribution in [2.24, 2.45) is 5.14 Å². The highest BCUT2D eigenvalue weighted by atomic mass is 32.2. The third kappa shape index (κ3) is 3.92. The van der Waals surface area contributed by atoms with Crippen LogP contribution in [-0.2, 0) is 20.0 Å². The molecular weight excluding hydrogens is 324 g/mol. The van der Waals surface area contributed by atoms with Crippen molar-refractivity contribution in [1.29, 1.82) is 0 Å². The van der Waals surface area contributed by atoms with Crippen molar-refractivity contribution in [1.82, 2.24) is 4.72 Å². The number of hydrogen-bond donors (Lipinski definition) is 2. The Labute approximate surface area is 130 Å². The van der Waals surface area contributed by atoms with E-state index >= 15 is 0 Å². The lowest BCUT2D eigenvalue weighted by Crippen LogP contribution is -2.27. The number of nitrogens with two attached hydrogens (primary N) is 1. The Morgan fingerprint density at radius 2 is 1.50 bits per heavy atom. The molecule has 0 bridgehead atoms. The first-order chi connectivity index (χ1) is 10.2. The minimum absolute atomic E-state index is 0.151. The first-order valence-corrected chi connectivity index (χ1v) is 9.43. The Morgan fingerprint density at radius 3 is 2.09 bits per heavy atom. The van der Waals surface area contributed by atoms with E-state index in [4.69, 9.17) is 5.14 Å². The second-order valence-corrected chi connectivity index (χ2v) is 8.05. The van der Waals surface area contributed by atoms with Crippen LogP contribution >= 0.6 is 0 Å². The highest BCUT2D eigenvalue weighted by Gasteiger charge is 2.20. The van der Waals surface area contributed by atoms with Gasteiger partial charge in [-0.3, -0.25) is 0 Å². The van der Waals surface area contributed by atoms with E-state index in [1.54, 1.807) is 19.1 Å². The van der Waals surface area contributed by atoms with Gasteiger partial charge in [-0.15, -0.1) is 0 Å². The molecule has 0 saturated carbocycles. The summed E-state index contributed by atoms with van der Waals surface area (Å²) in [6.45, 7) is 1.70. The first-order valence-electron chi connectivity index (χ1n) is 6.40. The smallest absolute Gasteiger partial charge is 0.225 e. The Hall–Kier alpha value is -1.74. The van der Waals surface area contributed by atoms with Crippen LogP contribution in [0.1, 0.15) is 18.5 Å². The molecule has 118 valence electrons. The van der Waals surface area contributed by atoms with Gasteiger partial charge in [0.25, 0.3) is 0 Å². The molecule has 2 aromatic rings. The van der Waals surface area contributed by atoms with Crippen molar-refractivity contribution in [3.05, 3.63) is 60.2 Å². The van der Waals surface area contributed by atoms with Gasteiger partial charge in [0.05, 0.1) is 9.79 Å². The summed E-state index contributed by atoms with van der Waals surface area (Å²) >= 11 is 0. The molecule has 0 saturated heterocycles. The summed E-state index contributed by atoms with van der Waals surface area (Å²) < 4.78 is 49.8. The zero-order valence-electron chi connectivity index (χ0n) is 11.8. The molecule has 0 spiro atoms. The summed E-state index contributed by atoms with van der Waals surface area (Å²) in [6.07, 6.45) is 0. The van der Waals surface area contributed by atoms with Crippen LogP contribution in [0.15, 0.2) is 64.4 Å². The standard InChI is InChI=1S/C14H16N2O4S2/c1-11(12-6-3-2-4-7-12)16-22(19,20)14-9-5-8-13(10-14)21(15,17)18/h2-11,16H,1H3,(H2,15,17,18)/t11-/m0/s1. The van der Waals surface area contributed by atoms with Crippen molar-refractivity contribution in [3.8, 4) is 0 Å². The first kappa shape index (κ1) is 16.6. The molecule has 0 fully saturated rings. The molecule has 2 rings (SSSR count). The molecule has 2 aromatic carbocycles. The van der Waals surface area contributed by atoms with E-state index in [1.165, 1.54) is 18.2 Å². The van der Waals surface area contributed by atoms with Crippen LogP contribution in [0.4, 0.5) is 0 Å². The molecule has 0 unspecified atom stereocenters. The topological polar surface area (TPSA) is 106 Å². The molecule has 0 aromatic heterocycles. The third-order valence-electron chi connectivity index (χ3n) is 3.08. The van der Waals surface area contributed by atoms with Crippen LogP contribution in [0.25, 0.3) is 0 Å². The Kier molecular flexibility index (Phi) is 4.66. The van der Waals surface area contributed by atoms with Crippen LogP contribution in [0.2, 0.25) is 0 Å². The number of rotatable bonds is 5. The fraction of sp³-hybridized carbons (Fsp3) is 0.143. The van der Waals surface area contributed by atoms with E-state index in [-0.39, 0.29) is 9.79 Å². The van der Waals surface area contributed by atoms with Gasteiger partial charge >= 0.3 is 0 Å². The number of hydrogen-bond acceptors (Lipinski definition) is 4. The molecule has 0 aliphatic rings. The van der Waals surface area contributed by atoms with Gasteiger partial charge in [-0.05, 0) is 30.7 Å². The molecule has 1 atom stereocenters. The average Bonchev–Trinajstić information content (AvgIpc) is 2.47.